The lowest BCUT2D eigenvalue weighted by Crippen LogP contribution is -2.07. The molecule has 0 aliphatic rings. The van der Waals surface area contributed by atoms with Crippen LogP contribution in [0.2, 0.25) is 5.15 Å². The molecule has 1 rings (SSSR count). The Labute approximate surface area is 109 Å². The van der Waals surface area contributed by atoms with Crippen LogP contribution in [0.5, 0.6) is 0 Å². The normalized spacial score (nSPS) is 11.1. The van der Waals surface area contributed by atoms with Gasteiger partial charge in [-0.1, -0.05) is 25.4 Å². The van der Waals surface area contributed by atoms with Crippen molar-refractivity contribution in [2.75, 3.05) is 7.11 Å². The van der Waals surface area contributed by atoms with E-state index in [0.29, 0.717) is 17.7 Å². The molecule has 0 amide bonds. The second kappa shape index (κ2) is 5.96. The van der Waals surface area contributed by atoms with E-state index in [9.17, 15) is 0 Å². The van der Waals surface area contributed by atoms with E-state index in [2.05, 4.69) is 46.4 Å². The Morgan fingerprint density at radius 1 is 1.40 bits per heavy atom. The van der Waals surface area contributed by atoms with Gasteiger partial charge in [0.15, 0.2) is 0 Å². The van der Waals surface area contributed by atoms with Gasteiger partial charge >= 0.3 is 0 Å². The number of methoxy groups -OCH3 is 1. The van der Waals surface area contributed by atoms with Crippen LogP contribution in [0.3, 0.4) is 0 Å². The Hall–Kier alpha value is 0.0600. The fourth-order valence-corrected chi connectivity index (χ4v) is 1.80. The second-order valence-electron chi connectivity index (χ2n) is 3.72. The van der Waals surface area contributed by atoms with Gasteiger partial charge in [0.1, 0.15) is 11.0 Å². The molecule has 0 saturated carbocycles. The summed E-state index contributed by atoms with van der Waals surface area (Å²) in [6.45, 7) is 4.74. The van der Waals surface area contributed by atoms with E-state index in [-0.39, 0.29) is 0 Å². The lowest BCUT2D eigenvalue weighted by atomic mass is 10.1. The van der Waals surface area contributed by atoms with Crippen LogP contribution in [-0.2, 0) is 17.8 Å². The topological polar surface area (TPSA) is 35.0 Å². The first-order chi connectivity index (χ1) is 7.04. The van der Waals surface area contributed by atoms with Crippen LogP contribution < -0.4 is 0 Å². The summed E-state index contributed by atoms with van der Waals surface area (Å²) < 4.78 is 5.95. The zero-order chi connectivity index (χ0) is 11.4. The summed E-state index contributed by atoms with van der Waals surface area (Å²) in [5, 5.41) is 0.522. The molecule has 0 radical (unpaired) electrons. The summed E-state index contributed by atoms with van der Waals surface area (Å²) in [6.07, 6.45) is 0.841. The van der Waals surface area contributed by atoms with E-state index in [1.165, 1.54) is 0 Å². The van der Waals surface area contributed by atoms with Crippen molar-refractivity contribution in [1.29, 1.82) is 0 Å². The van der Waals surface area contributed by atoms with E-state index in [1.807, 2.05) is 0 Å². The molecule has 0 unspecified atom stereocenters. The highest BCUT2D eigenvalue weighted by Crippen LogP contribution is 2.20. The van der Waals surface area contributed by atoms with Crippen LogP contribution in [0.1, 0.15) is 25.4 Å². The highest BCUT2D eigenvalue weighted by atomic mass is 127. The number of aromatic nitrogens is 2. The van der Waals surface area contributed by atoms with Crippen molar-refractivity contribution < 1.29 is 4.74 Å². The summed E-state index contributed by atoms with van der Waals surface area (Å²) in [5.74, 6) is 1.32. The predicted molar refractivity (Wildman–Crippen MR) is 69.0 cm³/mol. The minimum absolute atomic E-state index is 0.478. The Kier molecular flexibility index (Phi) is 5.22. The SMILES string of the molecule is COCc1nc(CC(C)C)nc(Cl)c1I. The molecule has 0 atom stereocenters. The summed E-state index contributed by atoms with van der Waals surface area (Å²) >= 11 is 8.17. The van der Waals surface area contributed by atoms with Gasteiger partial charge in [0.05, 0.1) is 15.9 Å². The van der Waals surface area contributed by atoms with Gasteiger partial charge in [-0.3, -0.25) is 0 Å². The number of hydrogen-bond acceptors (Lipinski definition) is 3. The molecule has 1 aromatic rings. The third-order valence-corrected chi connectivity index (χ3v) is 3.52. The van der Waals surface area contributed by atoms with Crippen LogP contribution in [-0.4, -0.2) is 17.1 Å². The number of halogens is 2. The van der Waals surface area contributed by atoms with Crippen molar-refractivity contribution in [1.82, 2.24) is 9.97 Å². The zero-order valence-electron chi connectivity index (χ0n) is 9.05. The summed E-state index contributed by atoms with van der Waals surface area (Å²) in [5.41, 5.74) is 0.869. The predicted octanol–water partition coefficient (Wildman–Crippen LogP) is 3.08. The maximum Gasteiger partial charge on any atom is 0.146 e. The van der Waals surface area contributed by atoms with E-state index in [4.69, 9.17) is 16.3 Å². The molecule has 15 heavy (non-hydrogen) atoms. The first-order valence-electron chi connectivity index (χ1n) is 4.74. The van der Waals surface area contributed by atoms with Gasteiger partial charge in [-0.05, 0) is 28.5 Å². The van der Waals surface area contributed by atoms with Crippen molar-refractivity contribution in [2.45, 2.75) is 26.9 Å². The first-order valence-corrected chi connectivity index (χ1v) is 6.20. The average Bonchev–Trinajstić information content (AvgIpc) is 2.12. The molecular formula is C10H14ClIN2O. The highest BCUT2D eigenvalue weighted by Gasteiger charge is 2.11. The summed E-state index contributed by atoms with van der Waals surface area (Å²) in [4.78, 5) is 8.68. The molecule has 0 fully saturated rings. The zero-order valence-corrected chi connectivity index (χ0v) is 12.0. The Morgan fingerprint density at radius 3 is 2.60 bits per heavy atom. The molecule has 0 aromatic carbocycles. The highest BCUT2D eigenvalue weighted by molar-refractivity contribution is 14.1. The lowest BCUT2D eigenvalue weighted by molar-refractivity contribution is 0.180. The molecule has 0 bridgehead atoms. The number of rotatable bonds is 4. The molecule has 0 spiro atoms. The van der Waals surface area contributed by atoms with Gasteiger partial charge in [-0.15, -0.1) is 0 Å². The minimum atomic E-state index is 0.478. The quantitative estimate of drug-likeness (QED) is 0.624. The Bertz CT molecular complexity index is 344. The number of nitrogens with zero attached hydrogens (tertiary/aromatic N) is 2. The molecule has 1 aromatic heterocycles. The molecule has 1 heterocycles. The molecular weight excluding hydrogens is 326 g/mol. The molecule has 5 heteroatoms. The van der Waals surface area contributed by atoms with Gasteiger partial charge in [0, 0.05) is 13.5 Å². The standard InChI is InChI=1S/C10H14ClIN2O/c1-6(2)4-8-13-7(5-15-3)9(12)10(11)14-8/h6H,4-5H2,1-3H3. The second-order valence-corrected chi connectivity index (χ2v) is 5.16. The van der Waals surface area contributed by atoms with E-state index < -0.39 is 0 Å². The smallest absolute Gasteiger partial charge is 0.146 e. The summed E-state index contributed by atoms with van der Waals surface area (Å²) in [7, 11) is 1.65. The maximum atomic E-state index is 6.02. The van der Waals surface area contributed by atoms with E-state index in [1.54, 1.807) is 7.11 Å². The molecule has 3 nitrogen and oxygen atoms in total. The fraction of sp³-hybridized carbons (Fsp3) is 0.600. The van der Waals surface area contributed by atoms with Crippen molar-refractivity contribution in [3.8, 4) is 0 Å². The fourth-order valence-electron chi connectivity index (χ4n) is 1.20. The Balaban J connectivity index is 3.00. The average molecular weight is 341 g/mol. The van der Waals surface area contributed by atoms with Crippen LogP contribution >= 0.6 is 34.2 Å². The molecule has 0 N–H and O–H groups in total. The van der Waals surface area contributed by atoms with Gasteiger partial charge < -0.3 is 4.74 Å². The van der Waals surface area contributed by atoms with Gasteiger partial charge in [0.25, 0.3) is 0 Å². The maximum absolute atomic E-state index is 6.02. The van der Waals surface area contributed by atoms with Gasteiger partial charge in [-0.2, -0.15) is 0 Å². The monoisotopic (exact) mass is 340 g/mol. The third kappa shape index (κ3) is 3.85. The van der Waals surface area contributed by atoms with Crippen LogP contribution in [0.4, 0.5) is 0 Å². The minimum Gasteiger partial charge on any atom is -0.378 e. The van der Waals surface area contributed by atoms with E-state index >= 15 is 0 Å². The van der Waals surface area contributed by atoms with E-state index in [0.717, 1.165) is 21.5 Å². The van der Waals surface area contributed by atoms with Crippen LogP contribution in [0.15, 0.2) is 0 Å². The van der Waals surface area contributed by atoms with Crippen molar-refractivity contribution in [3.05, 3.63) is 20.2 Å². The van der Waals surface area contributed by atoms with Crippen molar-refractivity contribution in [2.24, 2.45) is 5.92 Å². The third-order valence-electron chi connectivity index (χ3n) is 1.80. The molecule has 0 aliphatic carbocycles. The van der Waals surface area contributed by atoms with Gasteiger partial charge in [0.2, 0.25) is 0 Å². The number of ether oxygens (including phenoxy) is 1. The number of hydrogen-bond donors (Lipinski definition) is 0. The first kappa shape index (κ1) is 13.1. The Morgan fingerprint density at radius 2 is 2.07 bits per heavy atom. The molecule has 84 valence electrons. The molecule has 0 aliphatic heterocycles. The van der Waals surface area contributed by atoms with Crippen molar-refractivity contribution >= 4 is 34.2 Å². The van der Waals surface area contributed by atoms with Crippen LogP contribution in [0.25, 0.3) is 0 Å². The van der Waals surface area contributed by atoms with Crippen LogP contribution in [0, 0.1) is 9.49 Å². The largest absolute Gasteiger partial charge is 0.378 e. The van der Waals surface area contributed by atoms with Gasteiger partial charge in [-0.25, -0.2) is 9.97 Å². The summed E-state index contributed by atoms with van der Waals surface area (Å²) in [6, 6.07) is 0. The molecule has 0 saturated heterocycles. The lowest BCUT2D eigenvalue weighted by Gasteiger charge is -2.08. The van der Waals surface area contributed by atoms with Crippen molar-refractivity contribution in [3.63, 3.8) is 0 Å².